The van der Waals surface area contributed by atoms with E-state index in [1.54, 1.807) is 66.7 Å². The SMILES string of the molecule is O=C(CCCCc1cccc(F)c1)NCCCOc1ccc(C[C@H](Nc2ccccc2C(=O)c2ccccc2)C(=O)O)cc1. The zero-order chi connectivity index (χ0) is 31.1. The molecule has 0 aliphatic carbocycles. The van der Waals surface area contributed by atoms with Crippen LogP contribution in [0.4, 0.5) is 10.1 Å². The quantitative estimate of drug-likeness (QED) is 0.0955. The lowest BCUT2D eigenvalue weighted by Crippen LogP contribution is -2.32. The number of para-hydroxylation sites is 1. The summed E-state index contributed by atoms with van der Waals surface area (Å²) in [6, 6.07) is 28.6. The first-order chi connectivity index (χ1) is 21.4. The van der Waals surface area contributed by atoms with Gasteiger partial charge in [0.25, 0.3) is 0 Å². The number of ether oxygens (including phenoxy) is 1. The van der Waals surface area contributed by atoms with E-state index in [1.165, 1.54) is 12.1 Å². The van der Waals surface area contributed by atoms with Gasteiger partial charge in [-0.2, -0.15) is 0 Å². The third-order valence-corrected chi connectivity index (χ3v) is 7.12. The average Bonchev–Trinajstić information content (AvgIpc) is 3.03. The first-order valence-electron chi connectivity index (χ1n) is 14.8. The number of benzene rings is 4. The Bertz CT molecular complexity index is 1530. The summed E-state index contributed by atoms with van der Waals surface area (Å²) in [7, 11) is 0. The number of anilines is 1. The number of carbonyl (C=O) groups is 3. The molecule has 4 aromatic carbocycles. The summed E-state index contributed by atoms with van der Waals surface area (Å²) in [5, 5.41) is 15.8. The van der Waals surface area contributed by atoms with Crippen molar-refractivity contribution in [1.82, 2.24) is 5.32 Å². The molecule has 0 aromatic heterocycles. The normalized spacial score (nSPS) is 11.4. The average molecular weight is 597 g/mol. The van der Waals surface area contributed by atoms with Gasteiger partial charge < -0.3 is 20.5 Å². The van der Waals surface area contributed by atoms with E-state index >= 15 is 0 Å². The second kappa shape index (κ2) is 16.6. The second-order valence-electron chi connectivity index (χ2n) is 10.5. The number of rotatable bonds is 17. The van der Waals surface area contributed by atoms with Gasteiger partial charge in [-0.3, -0.25) is 9.59 Å². The highest BCUT2D eigenvalue weighted by molar-refractivity contribution is 6.12. The fraction of sp³-hybridized carbons (Fsp3) is 0.250. The molecular weight excluding hydrogens is 559 g/mol. The van der Waals surface area contributed by atoms with Gasteiger partial charge in [0.2, 0.25) is 5.91 Å². The van der Waals surface area contributed by atoms with Crippen LogP contribution in [-0.4, -0.2) is 42.0 Å². The van der Waals surface area contributed by atoms with E-state index in [-0.39, 0.29) is 23.9 Å². The maximum atomic E-state index is 13.2. The number of halogens is 1. The summed E-state index contributed by atoms with van der Waals surface area (Å²) in [6.45, 7) is 0.922. The van der Waals surface area contributed by atoms with Crippen LogP contribution in [0.15, 0.2) is 103 Å². The van der Waals surface area contributed by atoms with Crippen LogP contribution in [0.25, 0.3) is 0 Å². The van der Waals surface area contributed by atoms with Crippen molar-refractivity contribution in [3.8, 4) is 5.75 Å². The number of carbonyl (C=O) groups excluding carboxylic acids is 2. The molecule has 0 saturated carbocycles. The van der Waals surface area contributed by atoms with Crippen molar-refractivity contribution in [3.05, 3.63) is 131 Å². The zero-order valence-corrected chi connectivity index (χ0v) is 24.5. The number of hydrogen-bond donors (Lipinski definition) is 3. The Morgan fingerprint density at radius 3 is 2.30 bits per heavy atom. The lowest BCUT2D eigenvalue weighted by molar-refractivity contribution is -0.137. The van der Waals surface area contributed by atoms with Gasteiger partial charge in [0.15, 0.2) is 5.78 Å². The number of ketones is 1. The van der Waals surface area contributed by atoms with Crippen molar-refractivity contribution in [2.45, 2.75) is 44.6 Å². The van der Waals surface area contributed by atoms with Crippen LogP contribution in [0.3, 0.4) is 0 Å². The number of hydrogen-bond acceptors (Lipinski definition) is 5. The molecule has 44 heavy (non-hydrogen) atoms. The van der Waals surface area contributed by atoms with E-state index < -0.39 is 12.0 Å². The van der Waals surface area contributed by atoms with Crippen LogP contribution in [0.1, 0.15) is 52.7 Å². The van der Waals surface area contributed by atoms with Crippen molar-refractivity contribution in [2.75, 3.05) is 18.5 Å². The molecule has 0 aliphatic heterocycles. The monoisotopic (exact) mass is 596 g/mol. The van der Waals surface area contributed by atoms with E-state index in [1.807, 2.05) is 24.3 Å². The van der Waals surface area contributed by atoms with Gasteiger partial charge in [0.05, 0.1) is 6.61 Å². The van der Waals surface area contributed by atoms with E-state index in [0.29, 0.717) is 48.6 Å². The maximum Gasteiger partial charge on any atom is 0.326 e. The lowest BCUT2D eigenvalue weighted by Gasteiger charge is -2.18. The molecule has 4 rings (SSSR count). The first kappa shape index (κ1) is 31.9. The third-order valence-electron chi connectivity index (χ3n) is 7.12. The van der Waals surface area contributed by atoms with Crippen molar-refractivity contribution in [2.24, 2.45) is 0 Å². The maximum absolute atomic E-state index is 13.2. The van der Waals surface area contributed by atoms with Crippen LogP contribution in [0.5, 0.6) is 5.75 Å². The molecule has 228 valence electrons. The molecule has 4 aromatic rings. The van der Waals surface area contributed by atoms with Crippen molar-refractivity contribution in [1.29, 1.82) is 0 Å². The summed E-state index contributed by atoms with van der Waals surface area (Å²) >= 11 is 0. The molecule has 8 heteroatoms. The van der Waals surface area contributed by atoms with Crippen LogP contribution in [-0.2, 0) is 22.4 Å². The summed E-state index contributed by atoms with van der Waals surface area (Å²) in [5.41, 5.74) is 3.14. The molecule has 0 aliphatic rings. The van der Waals surface area contributed by atoms with Gasteiger partial charge in [-0.25, -0.2) is 9.18 Å². The van der Waals surface area contributed by atoms with E-state index in [4.69, 9.17) is 4.74 Å². The van der Waals surface area contributed by atoms with Gasteiger partial charge in [-0.15, -0.1) is 0 Å². The van der Waals surface area contributed by atoms with E-state index in [0.717, 1.165) is 30.4 Å². The van der Waals surface area contributed by atoms with Crippen molar-refractivity contribution >= 4 is 23.3 Å². The predicted molar refractivity (Wildman–Crippen MR) is 169 cm³/mol. The fourth-order valence-electron chi connectivity index (χ4n) is 4.78. The number of aryl methyl sites for hydroxylation is 1. The van der Waals surface area contributed by atoms with Gasteiger partial charge >= 0.3 is 5.97 Å². The largest absolute Gasteiger partial charge is 0.494 e. The minimum absolute atomic E-state index is 0.0118. The van der Waals surface area contributed by atoms with Crippen LogP contribution < -0.4 is 15.4 Å². The van der Waals surface area contributed by atoms with Crippen LogP contribution in [0.2, 0.25) is 0 Å². The Morgan fingerprint density at radius 2 is 1.55 bits per heavy atom. The fourth-order valence-corrected chi connectivity index (χ4v) is 4.78. The molecule has 0 fully saturated rings. The molecule has 7 nitrogen and oxygen atoms in total. The van der Waals surface area contributed by atoms with Crippen molar-refractivity contribution < 1.29 is 28.6 Å². The smallest absolute Gasteiger partial charge is 0.326 e. The number of amides is 1. The minimum Gasteiger partial charge on any atom is -0.494 e. The highest BCUT2D eigenvalue weighted by Gasteiger charge is 2.21. The van der Waals surface area contributed by atoms with Gasteiger partial charge in [-0.1, -0.05) is 66.7 Å². The van der Waals surface area contributed by atoms with Gasteiger partial charge in [0.1, 0.15) is 17.6 Å². The second-order valence-corrected chi connectivity index (χ2v) is 10.5. The molecule has 0 radical (unpaired) electrons. The Hall–Kier alpha value is -4.98. The minimum atomic E-state index is -1.03. The van der Waals surface area contributed by atoms with Crippen LogP contribution >= 0.6 is 0 Å². The summed E-state index contributed by atoms with van der Waals surface area (Å²) in [4.78, 5) is 37.2. The molecular formula is C36H37FN2O5. The molecule has 1 amide bonds. The highest BCUT2D eigenvalue weighted by atomic mass is 19.1. The zero-order valence-electron chi connectivity index (χ0n) is 24.5. The molecule has 0 saturated heterocycles. The Balaban J connectivity index is 1.18. The van der Waals surface area contributed by atoms with E-state index in [2.05, 4.69) is 10.6 Å². The lowest BCUT2D eigenvalue weighted by atomic mass is 10.00. The molecule has 0 unspecified atom stereocenters. The van der Waals surface area contributed by atoms with Crippen LogP contribution in [0, 0.1) is 5.82 Å². The molecule has 3 N–H and O–H groups in total. The first-order valence-corrected chi connectivity index (χ1v) is 14.8. The molecule has 1 atom stereocenters. The topological polar surface area (TPSA) is 105 Å². The Labute approximate surface area is 257 Å². The summed E-state index contributed by atoms with van der Waals surface area (Å²) in [6.07, 6.45) is 3.58. The van der Waals surface area contributed by atoms with Gasteiger partial charge in [0, 0.05) is 36.2 Å². The molecule has 0 spiro atoms. The Morgan fingerprint density at radius 1 is 0.795 bits per heavy atom. The highest BCUT2D eigenvalue weighted by Crippen LogP contribution is 2.22. The summed E-state index contributed by atoms with van der Waals surface area (Å²) in [5.74, 6) is -0.815. The number of carboxylic acids is 1. The Kier molecular flexibility index (Phi) is 12.1. The number of unbranched alkanes of at least 4 members (excludes halogenated alkanes) is 1. The van der Waals surface area contributed by atoms with Crippen molar-refractivity contribution in [3.63, 3.8) is 0 Å². The van der Waals surface area contributed by atoms with E-state index in [9.17, 15) is 23.9 Å². The predicted octanol–water partition coefficient (Wildman–Crippen LogP) is 6.46. The number of carboxylic acid groups (broad SMARTS) is 1. The molecule has 0 heterocycles. The molecule has 0 bridgehead atoms. The van der Waals surface area contributed by atoms with Gasteiger partial charge in [-0.05, 0) is 73.2 Å². The summed E-state index contributed by atoms with van der Waals surface area (Å²) < 4.78 is 19.0. The third kappa shape index (κ3) is 10.1. The number of nitrogens with one attached hydrogen (secondary N) is 2. The number of aliphatic carboxylic acids is 1. The standard InChI is InChI=1S/C36H37FN2O5/c37-29-14-8-11-26(24-29)10-4-7-17-34(40)38-22-9-23-44-30-20-18-27(19-21-30)25-33(36(42)43)39-32-16-6-5-15-31(32)35(41)28-12-2-1-3-13-28/h1-3,5-6,8,11-16,18-21,24,33,39H,4,7,9-10,17,22-23,25H2,(H,38,40)(H,42,43)/t33-/m0/s1.